The molecule has 3 N–H and O–H groups in total. The summed E-state index contributed by atoms with van der Waals surface area (Å²) < 4.78 is 68.5. The standard InChI is InChI=1S/C76H148O17P2/c1-7-9-11-13-15-17-19-20-23-30-36-42-48-54-60-75(80)92-71(64-86-73(78)58-52-46-40-34-18-16-14-12-10-8-2)66-90-94(82,83)88-62-70(77)63-89-95(84,85)91-67-72(65-87-74(79)59-53-47-41-35-29-26-25-28-33-39-45-51-57-69(5)6)93-76(81)61-55-49-43-37-31-24-21-22-27-32-38-44-50-56-68(3)4/h68-72,77H,7-67H2,1-6H3,(H,82,83)(H,84,85)/t70-,71+,72+/m0/s1. The number of aliphatic hydroxyl groups is 1. The molecule has 0 aliphatic carbocycles. The Morgan fingerprint density at radius 1 is 0.284 bits per heavy atom. The maximum absolute atomic E-state index is 13.1. The van der Waals surface area contributed by atoms with Crippen molar-refractivity contribution in [3.8, 4) is 0 Å². The average molecular weight is 1400 g/mol. The second kappa shape index (κ2) is 67.9. The van der Waals surface area contributed by atoms with Gasteiger partial charge in [0.05, 0.1) is 26.4 Å². The molecule has 0 aliphatic heterocycles. The van der Waals surface area contributed by atoms with Gasteiger partial charge < -0.3 is 33.8 Å². The van der Waals surface area contributed by atoms with E-state index in [1.54, 1.807) is 0 Å². The SMILES string of the molecule is CCCCCCCCCCCCCCCCC(=O)O[C@H](COC(=O)CCCCCCCCCCCC)COP(=O)(O)OC[C@H](O)COP(=O)(O)OC[C@@H](COC(=O)CCCCCCCCCCCCCCC(C)C)OC(=O)CCCCCCCCCCCCCCCC(C)C. The van der Waals surface area contributed by atoms with Crippen LogP contribution in [0.2, 0.25) is 0 Å². The molecule has 0 bridgehead atoms. The average Bonchev–Trinajstić information content (AvgIpc) is 1.39. The summed E-state index contributed by atoms with van der Waals surface area (Å²) in [6, 6.07) is 0. The van der Waals surface area contributed by atoms with Gasteiger partial charge in [-0.15, -0.1) is 0 Å². The quantitative estimate of drug-likeness (QED) is 0.0222. The lowest BCUT2D eigenvalue weighted by Crippen LogP contribution is -2.30. The van der Waals surface area contributed by atoms with Crippen LogP contribution >= 0.6 is 15.6 Å². The Morgan fingerprint density at radius 2 is 0.484 bits per heavy atom. The molecule has 564 valence electrons. The van der Waals surface area contributed by atoms with Crippen LogP contribution in [0, 0.1) is 11.8 Å². The number of aliphatic hydroxyl groups excluding tert-OH is 1. The summed E-state index contributed by atoms with van der Waals surface area (Å²) in [4.78, 5) is 72.8. The third kappa shape index (κ3) is 70.3. The predicted molar refractivity (Wildman–Crippen MR) is 386 cm³/mol. The number of unbranched alkanes of at least 4 members (excludes halogenated alkanes) is 45. The van der Waals surface area contributed by atoms with Crippen LogP contribution in [0.25, 0.3) is 0 Å². The number of phosphoric acid groups is 2. The van der Waals surface area contributed by atoms with E-state index in [1.165, 1.54) is 212 Å². The van der Waals surface area contributed by atoms with Crippen LogP contribution in [-0.2, 0) is 65.4 Å². The maximum atomic E-state index is 13.1. The second-order valence-electron chi connectivity index (χ2n) is 28.3. The Morgan fingerprint density at radius 3 is 0.716 bits per heavy atom. The molecule has 0 aromatic heterocycles. The monoisotopic (exact) mass is 1400 g/mol. The molecule has 0 saturated heterocycles. The molecule has 0 spiro atoms. The summed E-state index contributed by atoms with van der Waals surface area (Å²) in [5.74, 6) is -0.545. The van der Waals surface area contributed by atoms with E-state index in [-0.39, 0.29) is 25.7 Å². The normalized spacial score (nSPS) is 14.0. The lowest BCUT2D eigenvalue weighted by Gasteiger charge is -2.21. The molecule has 0 aromatic carbocycles. The van der Waals surface area contributed by atoms with Crippen molar-refractivity contribution in [1.29, 1.82) is 0 Å². The van der Waals surface area contributed by atoms with Crippen molar-refractivity contribution < 1.29 is 80.2 Å². The van der Waals surface area contributed by atoms with Gasteiger partial charge in [-0.3, -0.25) is 37.3 Å². The fourth-order valence-corrected chi connectivity index (χ4v) is 13.2. The highest BCUT2D eigenvalue weighted by Gasteiger charge is 2.30. The third-order valence-electron chi connectivity index (χ3n) is 17.7. The maximum Gasteiger partial charge on any atom is 0.472 e. The Hall–Kier alpha value is -1.94. The zero-order chi connectivity index (χ0) is 70.0. The highest BCUT2D eigenvalue weighted by molar-refractivity contribution is 7.47. The van der Waals surface area contributed by atoms with E-state index < -0.39 is 97.5 Å². The van der Waals surface area contributed by atoms with Crippen molar-refractivity contribution in [3.05, 3.63) is 0 Å². The molecule has 5 atom stereocenters. The molecule has 2 unspecified atom stereocenters. The van der Waals surface area contributed by atoms with Crippen molar-refractivity contribution in [3.63, 3.8) is 0 Å². The lowest BCUT2D eigenvalue weighted by atomic mass is 10.0. The highest BCUT2D eigenvalue weighted by atomic mass is 31.2. The van der Waals surface area contributed by atoms with Crippen LogP contribution in [0.1, 0.15) is 395 Å². The van der Waals surface area contributed by atoms with Crippen molar-refractivity contribution in [2.45, 2.75) is 413 Å². The number of carbonyl (C=O) groups is 4. The number of hydrogen-bond donors (Lipinski definition) is 3. The minimum absolute atomic E-state index is 0.107. The Balaban J connectivity index is 5.25. The molecule has 0 fully saturated rings. The van der Waals surface area contributed by atoms with Crippen LogP contribution in [0.4, 0.5) is 0 Å². The fraction of sp³-hybridized carbons (Fsp3) is 0.947. The van der Waals surface area contributed by atoms with Crippen LogP contribution in [-0.4, -0.2) is 96.7 Å². The minimum atomic E-state index is -4.96. The van der Waals surface area contributed by atoms with E-state index in [0.29, 0.717) is 25.7 Å². The molecule has 0 saturated carbocycles. The van der Waals surface area contributed by atoms with Gasteiger partial charge in [-0.1, -0.05) is 343 Å². The van der Waals surface area contributed by atoms with Crippen LogP contribution in [0.5, 0.6) is 0 Å². The summed E-state index contributed by atoms with van der Waals surface area (Å²) >= 11 is 0. The van der Waals surface area contributed by atoms with Crippen LogP contribution in [0.3, 0.4) is 0 Å². The first-order valence-corrected chi connectivity index (χ1v) is 42.5. The first-order chi connectivity index (χ1) is 45.9. The van der Waals surface area contributed by atoms with E-state index in [2.05, 4.69) is 41.5 Å². The highest BCUT2D eigenvalue weighted by Crippen LogP contribution is 2.45. The van der Waals surface area contributed by atoms with E-state index in [4.69, 9.17) is 37.0 Å². The molecule has 0 amide bonds. The van der Waals surface area contributed by atoms with Crippen molar-refractivity contribution in [2.24, 2.45) is 11.8 Å². The molecule has 0 aliphatic rings. The number of phosphoric ester groups is 2. The summed E-state index contributed by atoms with van der Waals surface area (Å²) in [6.07, 6.45) is 55.3. The first-order valence-electron chi connectivity index (χ1n) is 39.5. The largest absolute Gasteiger partial charge is 0.472 e. The second-order valence-corrected chi connectivity index (χ2v) is 31.3. The molecule has 0 radical (unpaired) electrons. The Labute approximate surface area is 581 Å². The molecular formula is C76H148O17P2. The minimum Gasteiger partial charge on any atom is -0.462 e. The number of carbonyl (C=O) groups excluding carboxylic acids is 4. The number of hydrogen-bond acceptors (Lipinski definition) is 15. The summed E-state index contributed by atoms with van der Waals surface area (Å²) in [5.41, 5.74) is 0. The molecule has 17 nitrogen and oxygen atoms in total. The van der Waals surface area contributed by atoms with Crippen molar-refractivity contribution in [1.82, 2.24) is 0 Å². The van der Waals surface area contributed by atoms with Crippen LogP contribution < -0.4 is 0 Å². The third-order valence-corrected chi connectivity index (χ3v) is 19.6. The smallest absolute Gasteiger partial charge is 0.462 e. The molecule has 19 heteroatoms. The van der Waals surface area contributed by atoms with Gasteiger partial charge in [-0.25, -0.2) is 9.13 Å². The molecular weight excluding hydrogens is 1250 g/mol. The van der Waals surface area contributed by atoms with Gasteiger partial charge in [-0.2, -0.15) is 0 Å². The van der Waals surface area contributed by atoms with Crippen LogP contribution in [0.15, 0.2) is 0 Å². The van der Waals surface area contributed by atoms with Gasteiger partial charge in [-0.05, 0) is 37.5 Å². The summed E-state index contributed by atoms with van der Waals surface area (Å²) in [6.45, 7) is 9.63. The van der Waals surface area contributed by atoms with E-state index in [0.717, 1.165) is 102 Å². The van der Waals surface area contributed by atoms with Crippen molar-refractivity contribution >= 4 is 39.5 Å². The molecule has 0 rings (SSSR count). The number of esters is 4. The van der Waals surface area contributed by atoms with Gasteiger partial charge in [0.15, 0.2) is 12.2 Å². The van der Waals surface area contributed by atoms with Gasteiger partial charge in [0.25, 0.3) is 0 Å². The van der Waals surface area contributed by atoms with E-state index in [9.17, 15) is 43.2 Å². The first kappa shape index (κ1) is 93.1. The predicted octanol–water partition coefficient (Wildman–Crippen LogP) is 22.3. The Bertz CT molecular complexity index is 1840. The zero-order valence-corrected chi connectivity index (χ0v) is 63.8. The van der Waals surface area contributed by atoms with E-state index >= 15 is 0 Å². The topological polar surface area (TPSA) is 237 Å². The Kier molecular flexibility index (Phi) is 66.5. The van der Waals surface area contributed by atoms with E-state index in [1.807, 2.05) is 0 Å². The zero-order valence-electron chi connectivity index (χ0n) is 62.0. The van der Waals surface area contributed by atoms with Gasteiger partial charge >= 0.3 is 39.5 Å². The van der Waals surface area contributed by atoms with Gasteiger partial charge in [0.2, 0.25) is 0 Å². The summed E-state index contributed by atoms with van der Waals surface area (Å²) in [7, 11) is -9.91. The summed E-state index contributed by atoms with van der Waals surface area (Å²) in [5, 5.41) is 10.6. The van der Waals surface area contributed by atoms with Gasteiger partial charge in [0.1, 0.15) is 19.3 Å². The molecule has 0 heterocycles. The lowest BCUT2D eigenvalue weighted by molar-refractivity contribution is -0.161. The number of ether oxygens (including phenoxy) is 4. The molecule has 0 aromatic rings. The van der Waals surface area contributed by atoms with Crippen molar-refractivity contribution in [2.75, 3.05) is 39.6 Å². The fourth-order valence-electron chi connectivity index (χ4n) is 11.7. The van der Waals surface area contributed by atoms with Gasteiger partial charge in [0, 0.05) is 25.7 Å². The molecule has 95 heavy (non-hydrogen) atoms. The number of rotatable bonds is 75.